The molecule has 1 aliphatic heterocycles. The molecule has 0 spiro atoms. The topological polar surface area (TPSA) is 42.2 Å². The van der Waals surface area contributed by atoms with Crippen molar-refractivity contribution in [3.63, 3.8) is 0 Å². The Morgan fingerprint density at radius 2 is 2.24 bits per heavy atom. The first kappa shape index (κ1) is 12.6. The molecule has 0 radical (unpaired) electrons. The first-order chi connectivity index (χ1) is 8.20. The molecular formula is C13H23N3O. The highest BCUT2D eigenvalue weighted by molar-refractivity contribution is 4.92. The Bertz CT molecular complexity index is 348. The summed E-state index contributed by atoms with van der Waals surface area (Å²) in [5.74, 6) is 1.94. The van der Waals surface area contributed by atoms with Gasteiger partial charge < -0.3 is 4.52 Å². The molecule has 0 unspecified atom stereocenters. The molecule has 2 rings (SSSR count). The minimum atomic E-state index is 0.343. The van der Waals surface area contributed by atoms with Crippen LogP contribution in [0.3, 0.4) is 0 Å². The molecule has 1 aliphatic rings. The largest absolute Gasteiger partial charge is 0.338 e. The maximum Gasteiger partial charge on any atom is 0.240 e. The van der Waals surface area contributed by atoms with E-state index in [1.54, 1.807) is 0 Å². The van der Waals surface area contributed by atoms with Crippen molar-refractivity contribution < 1.29 is 4.52 Å². The molecule has 96 valence electrons. The van der Waals surface area contributed by atoms with Gasteiger partial charge in [-0.15, -0.1) is 0 Å². The highest BCUT2D eigenvalue weighted by Crippen LogP contribution is 2.21. The molecule has 4 nitrogen and oxygen atoms in total. The summed E-state index contributed by atoms with van der Waals surface area (Å²) in [5.41, 5.74) is 0. The first-order valence-corrected chi connectivity index (χ1v) is 6.77. The van der Waals surface area contributed by atoms with Crippen molar-refractivity contribution in [1.29, 1.82) is 0 Å². The van der Waals surface area contributed by atoms with Crippen LogP contribution >= 0.6 is 0 Å². The van der Waals surface area contributed by atoms with E-state index in [1.165, 1.54) is 25.7 Å². The van der Waals surface area contributed by atoms with Crippen molar-refractivity contribution in [3.8, 4) is 0 Å². The minimum absolute atomic E-state index is 0.343. The molecule has 2 heterocycles. The molecule has 0 bridgehead atoms. The molecule has 1 aromatic rings. The third-order valence-electron chi connectivity index (χ3n) is 3.56. The molecule has 1 saturated heterocycles. The highest BCUT2D eigenvalue weighted by atomic mass is 16.5. The lowest BCUT2D eigenvalue weighted by Gasteiger charge is -2.33. The Labute approximate surface area is 103 Å². The van der Waals surface area contributed by atoms with E-state index in [9.17, 15) is 0 Å². The first-order valence-electron chi connectivity index (χ1n) is 6.77. The number of hydrogen-bond donors (Lipinski definition) is 0. The Balaban J connectivity index is 1.98. The predicted molar refractivity (Wildman–Crippen MR) is 66.7 cm³/mol. The van der Waals surface area contributed by atoms with Gasteiger partial charge in [-0.25, -0.2) is 0 Å². The van der Waals surface area contributed by atoms with Gasteiger partial charge >= 0.3 is 0 Å². The fourth-order valence-electron chi connectivity index (χ4n) is 2.47. The second-order valence-electron chi connectivity index (χ2n) is 5.23. The van der Waals surface area contributed by atoms with Gasteiger partial charge in [0.15, 0.2) is 5.82 Å². The van der Waals surface area contributed by atoms with Gasteiger partial charge in [0, 0.05) is 12.0 Å². The molecule has 0 N–H and O–H groups in total. The fourth-order valence-corrected chi connectivity index (χ4v) is 2.47. The third-order valence-corrected chi connectivity index (χ3v) is 3.56. The summed E-state index contributed by atoms with van der Waals surface area (Å²) in [6.45, 7) is 8.42. The van der Waals surface area contributed by atoms with Crippen LogP contribution in [0.2, 0.25) is 0 Å². The lowest BCUT2D eigenvalue weighted by atomic mass is 10.0. The van der Waals surface area contributed by atoms with E-state index in [-0.39, 0.29) is 0 Å². The summed E-state index contributed by atoms with van der Waals surface area (Å²) in [6.07, 6.45) is 5.17. The fraction of sp³-hybridized carbons (Fsp3) is 0.846. The van der Waals surface area contributed by atoms with Gasteiger partial charge in [0.25, 0.3) is 0 Å². The van der Waals surface area contributed by atoms with Crippen LogP contribution in [0.1, 0.15) is 64.1 Å². The van der Waals surface area contributed by atoms with Gasteiger partial charge in [-0.3, -0.25) is 4.90 Å². The van der Waals surface area contributed by atoms with E-state index in [1.807, 2.05) is 0 Å². The van der Waals surface area contributed by atoms with E-state index in [0.717, 1.165) is 24.8 Å². The Morgan fingerprint density at radius 3 is 2.88 bits per heavy atom. The van der Waals surface area contributed by atoms with E-state index in [4.69, 9.17) is 4.52 Å². The van der Waals surface area contributed by atoms with Crippen LogP contribution in [0.15, 0.2) is 4.52 Å². The standard InChI is InChI=1S/C13H23N3O/c1-4-11-7-5-6-8-16(11)9-12-14-13(10(2)3)15-17-12/h10-11H,4-9H2,1-3H3/t11-/m0/s1. The Morgan fingerprint density at radius 1 is 1.41 bits per heavy atom. The van der Waals surface area contributed by atoms with Crippen LogP contribution in [-0.2, 0) is 6.54 Å². The third kappa shape index (κ3) is 3.06. The number of piperidine rings is 1. The molecule has 0 aliphatic carbocycles. The molecule has 1 aromatic heterocycles. The Hall–Kier alpha value is -0.900. The van der Waals surface area contributed by atoms with Crippen molar-refractivity contribution in [1.82, 2.24) is 15.0 Å². The van der Waals surface area contributed by atoms with Crippen LogP contribution in [0.25, 0.3) is 0 Å². The predicted octanol–water partition coefficient (Wildman–Crippen LogP) is 2.96. The van der Waals surface area contributed by atoms with Crippen LogP contribution in [0.5, 0.6) is 0 Å². The molecule has 1 fully saturated rings. The van der Waals surface area contributed by atoms with Crippen molar-refractivity contribution in [2.24, 2.45) is 0 Å². The number of aromatic nitrogens is 2. The lowest BCUT2D eigenvalue weighted by Crippen LogP contribution is -2.38. The van der Waals surface area contributed by atoms with Crippen LogP contribution in [-0.4, -0.2) is 27.6 Å². The zero-order valence-corrected chi connectivity index (χ0v) is 11.1. The zero-order valence-electron chi connectivity index (χ0n) is 11.1. The molecule has 17 heavy (non-hydrogen) atoms. The van der Waals surface area contributed by atoms with E-state index in [0.29, 0.717) is 12.0 Å². The maximum atomic E-state index is 5.32. The minimum Gasteiger partial charge on any atom is -0.338 e. The molecule has 0 saturated carbocycles. The number of rotatable bonds is 4. The summed E-state index contributed by atoms with van der Waals surface area (Å²) < 4.78 is 5.32. The van der Waals surface area contributed by atoms with Gasteiger partial charge in [-0.1, -0.05) is 32.3 Å². The van der Waals surface area contributed by atoms with Crippen molar-refractivity contribution in [2.45, 2.75) is 65.0 Å². The maximum absolute atomic E-state index is 5.32. The van der Waals surface area contributed by atoms with E-state index < -0.39 is 0 Å². The summed E-state index contributed by atoms with van der Waals surface area (Å²) in [4.78, 5) is 6.94. The quantitative estimate of drug-likeness (QED) is 0.807. The smallest absolute Gasteiger partial charge is 0.240 e. The van der Waals surface area contributed by atoms with E-state index in [2.05, 4.69) is 35.8 Å². The SMILES string of the molecule is CC[C@H]1CCCCN1Cc1nc(C(C)C)no1. The molecule has 4 heteroatoms. The second kappa shape index (κ2) is 5.63. The summed E-state index contributed by atoms with van der Waals surface area (Å²) in [6, 6.07) is 0.693. The zero-order chi connectivity index (χ0) is 12.3. The molecule has 0 aromatic carbocycles. The highest BCUT2D eigenvalue weighted by Gasteiger charge is 2.23. The monoisotopic (exact) mass is 237 g/mol. The van der Waals surface area contributed by atoms with Gasteiger partial charge in [0.2, 0.25) is 5.89 Å². The summed E-state index contributed by atoms with van der Waals surface area (Å²) >= 11 is 0. The second-order valence-corrected chi connectivity index (χ2v) is 5.23. The van der Waals surface area contributed by atoms with Gasteiger partial charge in [-0.05, 0) is 25.8 Å². The molecular weight excluding hydrogens is 214 g/mol. The Kier molecular flexibility index (Phi) is 4.15. The normalized spacial score (nSPS) is 22.2. The average Bonchev–Trinajstić information content (AvgIpc) is 2.78. The van der Waals surface area contributed by atoms with Crippen molar-refractivity contribution in [2.75, 3.05) is 6.54 Å². The van der Waals surface area contributed by atoms with Crippen LogP contribution in [0.4, 0.5) is 0 Å². The summed E-state index contributed by atoms with van der Waals surface area (Å²) in [5, 5.41) is 4.02. The molecule has 1 atom stereocenters. The lowest BCUT2D eigenvalue weighted by molar-refractivity contribution is 0.120. The van der Waals surface area contributed by atoms with Crippen LogP contribution < -0.4 is 0 Å². The average molecular weight is 237 g/mol. The van der Waals surface area contributed by atoms with E-state index >= 15 is 0 Å². The van der Waals surface area contributed by atoms with Gasteiger partial charge in [0.1, 0.15) is 0 Å². The van der Waals surface area contributed by atoms with Crippen molar-refractivity contribution in [3.05, 3.63) is 11.7 Å². The van der Waals surface area contributed by atoms with Gasteiger partial charge in [-0.2, -0.15) is 4.98 Å². The summed E-state index contributed by atoms with van der Waals surface area (Å²) in [7, 11) is 0. The van der Waals surface area contributed by atoms with Gasteiger partial charge in [0.05, 0.1) is 6.54 Å². The number of nitrogens with zero attached hydrogens (tertiary/aromatic N) is 3. The number of hydrogen-bond acceptors (Lipinski definition) is 4. The van der Waals surface area contributed by atoms with Crippen molar-refractivity contribution >= 4 is 0 Å². The van der Waals surface area contributed by atoms with Crippen LogP contribution in [0, 0.1) is 0 Å². The molecule has 0 amide bonds. The number of likely N-dealkylation sites (tertiary alicyclic amines) is 1.